The third kappa shape index (κ3) is 4.24. The van der Waals surface area contributed by atoms with E-state index in [1.165, 1.54) is 71.0 Å². The van der Waals surface area contributed by atoms with Crippen molar-refractivity contribution in [1.82, 2.24) is 10.2 Å². The van der Waals surface area contributed by atoms with Crippen molar-refractivity contribution in [3.63, 3.8) is 0 Å². The minimum Gasteiger partial charge on any atom is -0.315 e. The molecule has 2 heteroatoms. The highest BCUT2D eigenvalue weighted by molar-refractivity contribution is 4.87. The third-order valence-electron chi connectivity index (χ3n) is 4.78. The number of likely N-dealkylation sites (tertiary alicyclic amines) is 1. The van der Waals surface area contributed by atoms with Gasteiger partial charge in [-0.25, -0.2) is 0 Å². The maximum absolute atomic E-state index is 3.52. The van der Waals surface area contributed by atoms with E-state index in [9.17, 15) is 0 Å². The topological polar surface area (TPSA) is 15.3 Å². The number of unbranched alkanes of at least 4 members (excludes halogenated alkanes) is 1. The van der Waals surface area contributed by atoms with E-state index in [1.54, 1.807) is 0 Å². The largest absolute Gasteiger partial charge is 0.315 e. The first-order chi connectivity index (χ1) is 8.77. The van der Waals surface area contributed by atoms with Gasteiger partial charge >= 0.3 is 0 Å². The highest BCUT2D eigenvalue weighted by Gasteiger charge is 2.32. The van der Waals surface area contributed by atoms with Crippen molar-refractivity contribution in [3.8, 4) is 0 Å². The Labute approximate surface area is 114 Å². The van der Waals surface area contributed by atoms with E-state index in [0.29, 0.717) is 6.04 Å². The maximum atomic E-state index is 3.52. The molecule has 18 heavy (non-hydrogen) atoms. The van der Waals surface area contributed by atoms with Crippen LogP contribution in [0.5, 0.6) is 0 Å². The SMILES string of the molecule is CC(C)NCCCCN1CCC[C@H]2CCCC[C@H]21. The van der Waals surface area contributed by atoms with E-state index < -0.39 is 0 Å². The Bertz CT molecular complexity index is 225. The zero-order chi connectivity index (χ0) is 12.8. The Morgan fingerprint density at radius 1 is 1.06 bits per heavy atom. The summed E-state index contributed by atoms with van der Waals surface area (Å²) in [6.07, 6.45) is 11.6. The summed E-state index contributed by atoms with van der Waals surface area (Å²) in [6.45, 7) is 8.38. The molecule has 1 heterocycles. The molecule has 2 nitrogen and oxygen atoms in total. The zero-order valence-electron chi connectivity index (χ0n) is 12.5. The quantitative estimate of drug-likeness (QED) is 0.729. The molecule has 1 N–H and O–H groups in total. The van der Waals surface area contributed by atoms with Crippen molar-refractivity contribution in [1.29, 1.82) is 0 Å². The molecule has 2 atom stereocenters. The van der Waals surface area contributed by atoms with E-state index in [4.69, 9.17) is 0 Å². The molecular weight excluding hydrogens is 220 g/mol. The Morgan fingerprint density at radius 2 is 1.83 bits per heavy atom. The van der Waals surface area contributed by atoms with Crippen LogP contribution >= 0.6 is 0 Å². The molecule has 1 saturated carbocycles. The zero-order valence-corrected chi connectivity index (χ0v) is 12.5. The first-order valence-corrected chi connectivity index (χ1v) is 8.25. The molecule has 2 rings (SSSR count). The van der Waals surface area contributed by atoms with E-state index in [1.807, 2.05) is 0 Å². The monoisotopic (exact) mass is 252 g/mol. The lowest BCUT2D eigenvalue weighted by Crippen LogP contribution is -2.47. The molecule has 1 saturated heterocycles. The molecule has 0 aromatic rings. The molecule has 0 bridgehead atoms. The van der Waals surface area contributed by atoms with Gasteiger partial charge in [0, 0.05) is 12.1 Å². The van der Waals surface area contributed by atoms with Gasteiger partial charge in [0.15, 0.2) is 0 Å². The van der Waals surface area contributed by atoms with Gasteiger partial charge in [-0.05, 0) is 64.1 Å². The van der Waals surface area contributed by atoms with Crippen molar-refractivity contribution in [3.05, 3.63) is 0 Å². The Morgan fingerprint density at radius 3 is 2.67 bits per heavy atom. The summed E-state index contributed by atoms with van der Waals surface area (Å²) >= 11 is 0. The fourth-order valence-corrected chi connectivity index (χ4v) is 3.84. The van der Waals surface area contributed by atoms with Crippen molar-refractivity contribution >= 4 is 0 Å². The van der Waals surface area contributed by atoms with Gasteiger partial charge in [0.25, 0.3) is 0 Å². The predicted molar refractivity (Wildman–Crippen MR) is 78.9 cm³/mol. The van der Waals surface area contributed by atoms with Crippen molar-refractivity contribution in [2.75, 3.05) is 19.6 Å². The second kappa shape index (κ2) is 7.49. The van der Waals surface area contributed by atoms with Crippen LogP contribution in [0.25, 0.3) is 0 Å². The van der Waals surface area contributed by atoms with Crippen molar-refractivity contribution in [2.24, 2.45) is 5.92 Å². The molecule has 0 aromatic heterocycles. The number of nitrogens with one attached hydrogen (secondary N) is 1. The van der Waals surface area contributed by atoms with E-state index in [-0.39, 0.29) is 0 Å². The number of hydrogen-bond donors (Lipinski definition) is 1. The fourth-order valence-electron chi connectivity index (χ4n) is 3.84. The number of nitrogens with zero attached hydrogens (tertiary/aromatic N) is 1. The molecule has 1 aliphatic carbocycles. The van der Waals surface area contributed by atoms with E-state index in [2.05, 4.69) is 24.1 Å². The average Bonchev–Trinajstić information content (AvgIpc) is 2.38. The first-order valence-electron chi connectivity index (χ1n) is 8.25. The molecule has 2 fully saturated rings. The van der Waals surface area contributed by atoms with Crippen LogP contribution in [0.3, 0.4) is 0 Å². The molecule has 1 aliphatic heterocycles. The fraction of sp³-hybridized carbons (Fsp3) is 1.00. The van der Waals surface area contributed by atoms with Gasteiger partial charge in [-0.1, -0.05) is 26.7 Å². The molecule has 0 spiro atoms. The Hall–Kier alpha value is -0.0800. The summed E-state index contributed by atoms with van der Waals surface area (Å²) in [5.41, 5.74) is 0. The highest BCUT2D eigenvalue weighted by Crippen LogP contribution is 2.35. The average molecular weight is 252 g/mol. The molecular formula is C16H32N2. The number of fused-ring (bicyclic) bond motifs is 1. The number of piperidine rings is 1. The second-order valence-electron chi connectivity index (χ2n) is 6.61. The van der Waals surface area contributed by atoms with Crippen LogP contribution in [0.4, 0.5) is 0 Å². The molecule has 106 valence electrons. The van der Waals surface area contributed by atoms with Gasteiger partial charge in [-0.2, -0.15) is 0 Å². The summed E-state index contributed by atoms with van der Waals surface area (Å²) in [5.74, 6) is 1.04. The summed E-state index contributed by atoms with van der Waals surface area (Å²) in [5, 5.41) is 3.52. The molecule has 0 aromatic carbocycles. The van der Waals surface area contributed by atoms with Crippen LogP contribution < -0.4 is 5.32 Å². The van der Waals surface area contributed by atoms with Gasteiger partial charge in [-0.3, -0.25) is 0 Å². The van der Waals surface area contributed by atoms with Crippen LogP contribution in [-0.4, -0.2) is 36.6 Å². The first kappa shape index (κ1) is 14.3. The van der Waals surface area contributed by atoms with E-state index >= 15 is 0 Å². The Balaban J connectivity index is 1.65. The summed E-state index contributed by atoms with van der Waals surface area (Å²) in [4.78, 5) is 2.82. The standard InChI is InChI=1S/C16H32N2/c1-14(2)17-11-5-6-12-18-13-7-9-15-8-3-4-10-16(15)18/h14-17H,3-13H2,1-2H3/t15-,16-/m1/s1. The highest BCUT2D eigenvalue weighted by atomic mass is 15.2. The van der Waals surface area contributed by atoms with Crippen LogP contribution in [0.15, 0.2) is 0 Å². The molecule has 0 radical (unpaired) electrons. The Kier molecular flexibility index (Phi) is 5.97. The van der Waals surface area contributed by atoms with E-state index in [0.717, 1.165) is 12.0 Å². The molecule has 0 unspecified atom stereocenters. The second-order valence-corrected chi connectivity index (χ2v) is 6.61. The minimum absolute atomic E-state index is 0.641. The van der Waals surface area contributed by atoms with Gasteiger partial charge in [0.2, 0.25) is 0 Å². The normalized spacial score (nSPS) is 29.5. The number of hydrogen-bond acceptors (Lipinski definition) is 2. The lowest BCUT2D eigenvalue weighted by Gasteiger charge is -2.44. The summed E-state index contributed by atoms with van der Waals surface area (Å²) < 4.78 is 0. The van der Waals surface area contributed by atoms with Crippen LogP contribution in [-0.2, 0) is 0 Å². The van der Waals surface area contributed by atoms with Gasteiger partial charge in [0.05, 0.1) is 0 Å². The van der Waals surface area contributed by atoms with Gasteiger partial charge in [-0.15, -0.1) is 0 Å². The molecule has 2 aliphatic rings. The summed E-state index contributed by atoms with van der Waals surface area (Å²) in [7, 11) is 0. The minimum atomic E-state index is 0.641. The maximum Gasteiger partial charge on any atom is 0.0123 e. The number of rotatable bonds is 6. The molecule has 0 amide bonds. The van der Waals surface area contributed by atoms with Gasteiger partial charge < -0.3 is 10.2 Å². The van der Waals surface area contributed by atoms with Gasteiger partial charge in [0.1, 0.15) is 0 Å². The van der Waals surface area contributed by atoms with Crippen LogP contribution in [0.1, 0.15) is 65.2 Å². The smallest absolute Gasteiger partial charge is 0.0123 e. The summed E-state index contributed by atoms with van der Waals surface area (Å²) in [6, 6.07) is 1.59. The van der Waals surface area contributed by atoms with Crippen molar-refractivity contribution in [2.45, 2.75) is 77.3 Å². The lowest BCUT2D eigenvalue weighted by molar-refractivity contribution is 0.0597. The van der Waals surface area contributed by atoms with Crippen LogP contribution in [0.2, 0.25) is 0 Å². The third-order valence-corrected chi connectivity index (χ3v) is 4.78. The van der Waals surface area contributed by atoms with Crippen LogP contribution in [0, 0.1) is 5.92 Å². The lowest BCUT2D eigenvalue weighted by atomic mass is 9.78. The van der Waals surface area contributed by atoms with Crippen molar-refractivity contribution < 1.29 is 0 Å². The predicted octanol–water partition coefficient (Wildman–Crippen LogP) is 3.42.